The number of esters is 1. The Morgan fingerprint density at radius 2 is 1.89 bits per heavy atom. The Kier molecular flexibility index (Phi) is 7.48. The number of Topliss-reactive ketones (excluding diaryl/α,β-unsaturated/α-hetero) is 1. The Balaban J connectivity index is 1.44. The summed E-state index contributed by atoms with van der Waals surface area (Å²) in [5.41, 5.74) is 1.42. The van der Waals surface area contributed by atoms with E-state index in [1.807, 2.05) is 60.8 Å². The molecule has 0 saturated carbocycles. The van der Waals surface area contributed by atoms with Crippen LogP contribution in [-0.2, 0) is 38.6 Å². The number of carbonyl (C=O) groups excluding carboxylic acids is 2. The van der Waals surface area contributed by atoms with Gasteiger partial charge >= 0.3 is 5.97 Å². The highest BCUT2D eigenvalue weighted by Gasteiger charge is 2.54. The molecule has 0 radical (unpaired) electrons. The summed E-state index contributed by atoms with van der Waals surface area (Å²) in [4.78, 5) is 26.4. The topological polar surface area (TPSA) is 83.3 Å². The van der Waals surface area contributed by atoms with Crippen molar-refractivity contribution in [2.24, 2.45) is 5.41 Å². The van der Waals surface area contributed by atoms with Crippen LogP contribution in [0.1, 0.15) is 37.1 Å². The first kappa shape index (κ1) is 24.8. The predicted molar refractivity (Wildman–Crippen MR) is 132 cm³/mol. The van der Waals surface area contributed by atoms with Gasteiger partial charge in [0.1, 0.15) is 6.61 Å². The quantitative estimate of drug-likeness (QED) is 0.259. The molecule has 0 amide bonds. The molecule has 8 heteroatoms. The molecule has 0 bridgehead atoms. The molecule has 1 aliphatic heterocycles. The van der Waals surface area contributed by atoms with E-state index in [0.29, 0.717) is 24.4 Å². The minimum atomic E-state index is -1.49. The first-order chi connectivity index (χ1) is 16.8. The molecule has 1 aliphatic rings. The number of rotatable bonds is 8. The number of carbonyl (C=O) groups is 2. The molecule has 1 saturated heterocycles. The molecule has 182 valence electrons. The molecule has 0 N–H and O–H groups in total. The third-order valence-electron chi connectivity index (χ3n) is 6.41. The molecule has 2 heterocycles. The van der Waals surface area contributed by atoms with Gasteiger partial charge in [-0.25, -0.2) is 4.68 Å². The Bertz CT molecular complexity index is 1210. The van der Waals surface area contributed by atoms with Gasteiger partial charge in [-0.1, -0.05) is 65.9 Å². The molecule has 35 heavy (non-hydrogen) atoms. The fourth-order valence-corrected chi connectivity index (χ4v) is 4.30. The summed E-state index contributed by atoms with van der Waals surface area (Å²) in [6, 6.07) is 16.9. The minimum absolute atomic E-state index is 0.0797. The lowest BCUT2D eigenvalue weighted by Gasteiger charge is -2.41. The van der Waals surface area contributed by atoms with Crippen molar-refractivity contribution in [1.82, 2.24) is 15.0 Å². The van der Waals surface area contributed by atoms with Crippen LogP contribution in [0.5, 0.6) is 0 Å². The third-order valence-corrected chi connectivity index (χ3v) is 6.66. The Morgan fingerprint density at radius 3 is 2.60 bits per heavy atom. The molecule has 3 aromatic rings. The van der Waals surface area contributed by atoms with Gasteiger partial charge in [-0.2, -0.15) is 0 Å². The van der Waals surface area contributed by atoms with E-state index in [1.54, 1.807) is 18.5 Å². The summed E-state index contributed by atoms with van der Waals surface area (Å²) >= 11 is 5.95. The van der Waals surface area contributed by atoms with E-state index in [0.717, 1.165) is 16.8 Å². The lowest BCUT2D eigenvalue weighted by molar-refractivity contribution is -0.178. The van der Waals surface area contributed by atoms with E-state index in [9.17, 15) is 9.59 Å². The Labute approximate surface area is 209 Å². The van der Waals surface area contributed by atoms with E-state index in [4.69, 9.17) is 21.1 Å². The van der Waals surface area contributed by atoms with Crippen molar-refractivity contribution in [3.05, 3.63) is 94.8 Å². The second kappa shape index (κ2) is 10.5. The van der Waals surface area contributed by atoms with Crippen molar-refractivity contribution in [3.63, 3.8) is 0 Å². The van der Waals surface area contributed by atoms with Crippen molar-refractivity contribution < 1.29 is 19.1 Å². The van der Waals surface area contributed by atoms with Crippen molar-refractivity contribution in [2.75, 3.05) is 0 Å². The van der Waals surface area contributed by atoms with Crippen LogP contribution in [0.25, 0.3) is 0 Å². The Morgan fingerprint density at radius 1 is 1.17 bits per heavy atom. The van der Waals surface area contributed by atoms with Crippen molar-refractivity contribution in [1.29, 1.82) is 0 Å². The summed E-state index contributed by atoms with van der Waals surface area (Å²) in [6.07, 6.45) is 1.58. The number of ether oxygens (including phenoxy) is 2. The van der Waals surface area contributed by atoms with Gasteiger partial charge in [-0.3, -0.25) is 9.59 Å². The highest BCUT2D eigenvalue weighted by Crippen LogP contribution is 2.39. The standard InChI is InChI=1S/C27H28ClN3O4/c1-18-19(2)35-24(27(3,25(18)32)26(33)34-17-21-7-5-4-6-8-21)14-13-23-16-31(30-29-23)15-20-9-11-22(28)12-10-20/h4-12,16,19,24H,1,13-15,17H2,2-3H3/t19-,24+,27+/m0/s1. The summed E-state index contributed by atoms with van der Waals surface area (Å²) in [5, 5.41) is 9.12. The SMILES string of the molecule is C=C1C(=O)[C@](C)(C(=O)OCc2ccccc2)[C@@H](CCc2cn(Cc3ccc(Cl)cc3)nn2)O[C@H]1C. The maximum absolute atomic E-state index is 13.2. The fourth-order valence-electron chi connectivity index (χ4n) is 4.17. The van der Waals surface area contributed by atoms with Gasteiger partial charge in [0.25, 0.3) is 0 Å². The maximum Gasteiger partial charge on any atom is 0.322 e. The summed E-state index contributed by atoms with van der Waals surface area (Å²) in [6.45, 7) is 7.85. The smallest absolute Gasteiger partial charge is 0.322 e. The molecule has 0 aliphatic carbocycles. The molecular formula is C27H28ClN3O4. The zero-order chi connectivity index (χ0) is 25.0. The number of hydrogen-bond donors (Lipinski definition) is 0. The lowest BCUT2D eigenvalue weighted by atomic mass is 9.72. The second-order valence-corrected chi connectivity index (χ2v) is 9.39. The van der Waals surface area contributed by atoms with E-state index in [-0.39, 0.29) is 18.0 Å². The number of hydrogen-bond acceptors (Lipinski definition) is 6. The van der Waals surface area contributed by atoms with Crippen molar-refractivity contribution in [3.8, 4) is 0 Å². The van der Waals surface area contributed by atoms with Gasteiger partial charge in [0.2, 0.25) is 0 Å². The number of aryl methyl sites for hydroxylation is 1. The van der Waals surface area contributed by atoms with Gasteiger partial charge in [0, 0.05) is 16.8 Å². The highest BCUT2D eigenvalue weighted by atomic mass is 35.5. The molecule has 0 unspecified atom stereocenters. The number of benzene rings is 2. The fraction of sp³-hybridized carbons (Fsp3) is 0.333. The van der Waals surface area contributed by atoms with Crippen LogP contribution in [0.15, 0.2) is 72.9 Å². The third kappa shape index (κ3) is 5.52. The molecule has 0 spiro atoms. The zero-order valence-electron chi connectivity index (χ0n) is 19.8. The van der Waals surface area contributed by atoms with E-state index in [2.05, 4.69) is 16.9 Å². The zero-order valence-corrected chi connectivity index (χ0v) is 20.6. The summed E-state index contributed by atoms with van der Waals surface area (Å²) < 4.78 is 13.4. The molecule has 4 rings (SSSR count). The van der Waals surface area contributed by atoms with Gasteiger partial charge in [-0.05, 0) is 49.9 Å². The summed E-state index contributed by atoms with van der Waals surface area (Å²) in [5.74, 6) is -0.957. The van der Waals surface area contributed by atoms with Crippen molar-refractivity contribution >= 4 is 23.4 Å². The highest BCUT2D eigenvalue weighted by molar-refractivity contribution is 6.30. The largest absolute Gasteiger partial charge is 0.460 e. The molecule has 7 nitrogen and oxygen atoms in total. The first-order valence-electron chi connectivity index (χ1n) is 11.5. The monoisotopic (exact) mass is 493 g/mol. The van der Waals surface area contributed by atoms with Gasteiger partial charge in [-0.15, -0.1) is 5.10 Å². The average molecular weight is 494 g/mol. The normalized spacial score (nSPS) is 22.3. The predicted octanol–water partition coefficient (Wildman–Crippen LogP) is 4.57. The molecule has 2 aromatic carbocycles. The van der Waals surface area contributed by atoms with Gasteiger partial charge in [0.15, 0.2) is 11.2 Å². The number of nitrogens with zero attached hydrogens (tertiary/aromatic N) is 3. The summed E-state index contributed by atoms with van der Waals surface area (Å²) in [7, 11) is 0. The van der Waals surface area contributed by atoms with Crippen LogP contribution in [-0.4, -0.2) is 39.0 Å². The minimum Gasteiger partial charge on any atom is -0.460 e. The van der Waals surface area contributed by atoms with E-state index in [1.165, 1.54) is 0 Å². The Hall–Kier alpha value is -3.29. The van der Waals surface area contributed by atoms with Gasteiger partial charge in [0.05, 0.1) is 24.4 Å². The lowest BCUT2D eigenvalue weighted by Crippen LogP contribution is -2.55. The number of aromatic nitrogens is 3. The second-order valence-electron chi connectivity index (χ2n) is 8.96. The van der Waals surface area contributed by atoms with Crippen LogP contribution >= 0.6 is 11.6 Å². The van der Waals surface area contributed by atoms with Crippen molar-refractivity contribution in [2.45, 2.75) is 52.0 Å². The van der Waals surface area contributed by atoms with Gasteiger partial charge < -0.3 is 9.47 Å². The molecule has 1 aromatic heterocycles. The van der Waals surface area contributed by atoms with Crippen LogP contribution in [0.4, 0.5) is 0 Å². The number of halogens is 1. The molecule has 3 atom stereocenters. The van der Waals surface area contributed by atoms with Crippen LogP contribution in [0.2, 0.25) is 5.02 Å². The molecular weight excluding hydrogens is 466 g/mol. The van der Waals surface area contributed by atoms with E-state index < -0.39 is 23.6 Å². The van der Waals surface area contributed by atoms with Crippen LogP contribution in [0, 0.1) is 5.41 Å². The maximum atomic E-state index is 13.2. The van der Waals surface area contributed by atoms with Crippen LogP contribution < -0.4 is 0 Å². The average Bonchev–Trinajstić information content (AvgIpc) is 3.31. The van der Waals surface area contributed by atoms with E-state index >= 15 is 0 Å². The van der Waals surface area contributed by atoms with Crippen LogP contribution in [0.3, 0.4) is 0 Å². The molecule has 1 fully saturated rings. The first-order valence-corrected chi connectivity index (χ1v) is 11.9. The number of ketones is 1.